The quantitative estimate of drug-likeness (QED) is 0.799. The highest BCUT2D eigenvalue weighted by atomic mass is 35.5. The molecule has 0 aromatic carbocycles. The zero-order chi connectivity index (χ0) is 13.2. The molecule has 19 heavy (non-hydrogen) atoms. The second kappa shape index (κ2) is 5.12. The third-order valence-electron chi connectivity index (χ3n) is 2.21. The van der Waals surface area contributed by atoms with Crippen molar-refractivity contribution in [3.05, 3.63) is 38.2 Å². The molecule has 96 valence electrons. The van der Waals surface area contributed by atoms with Crippen LogP contribution in [0.1, 0.15) is 9.67 Å². The molecule has 3 rings (SSSR count). The van der Waals surface area contributed by atoms with Gasteiger partial charge in [-0.3, -0.25) is 10.1 Å². The molecule has 0 saturated carbocycles. The van der Waals surface area contributed by atoms with Crippen molar-refractivity contribution in [3.8, 4) is 11.5 Å². The van der Waals surface area contributed by atoms with Crippen molar-refractivity contribution in [1.82, 2.24) is 10.2 Å². The molecule has 8 heteroatoms. The van der Waals surface area contributed by atoms with E-state index < -0.39 is 0 Å². The van der Waals surface area contributed by atoms with Gasteiger partial charge >= 0.3 is 6.01 Å². The predicted molar refractivity (Wildman–Crippen MR) is 74.9 cm³/mol. The molecule has 0 aliphatic carbocycles. The van der Waals surface area contributed by atoms with Crippen LogP contribution >= 0.6 is 34.3 Å². The van der Waals surface area contributed by atoms with Crippen molar-refractivity contribution in [2.75, 3.05) is 5.32 Å². The minimum Gasteiger partial charge on any atom is -0.403 e. The van der Waals surface area contributed by atoms with E-state index in [1.807, 2.05) is 16.8 Å². The zero-order valence-corrected chi connectivity index (χ0v) is 11.7. The summed E-state index contributed by atoms with van der Waals surface area (Å²) in [6.07, 6.45) is 0. The normalized spacial score (nSPS) is 10.6. The number of nitrogens with one attached hydrogen (secondary N) is 1. The van der Waals surface area contributed by atoms with Crippen LogP contribution in [0.4, 0.5) is 6.01 Å². The summed E-state index contributed by atoms with van der Waals surface area (Å²) in [7, 11) is 0. The highest BCUT2D eigenvalue weighted by Crippen LogP contribution is 2.24. The molecule has 3 aromatic heterocycles. The van der Waals surface area contributed by atoms with Gasteiger partial charge in [-0.25, -0.2) is 0 Å². The molecule has 0 saturated heterocycles. The predicted octanol–water partition coefficient (Wildman–Crippen LogP) is 3.77. The number of aromatic nitrogens is 2. The summed E-state index contributed by atoms with van der Waals surface area (Å²) in [6.45, 7) is 0. The number of hydrogen-bond donors (Lipinski definition) is 1. The maximum absolute atomic E-state index is 11.8. The lowest BCUT2D eigenvalue weighted by atomic mass is 10.3. The van der Waals surface area contributed by atoms with Crippen LogP contribution in [0.25, 0.3) is 11.5 Å². The van der Waals surface area contributed by atoms with Crippen molar-refractivity contribution in [1.29, 1.82) is 0 Å². The van der Waals surface area contributed by atoms with Gasteiger partial charge in [0.25, 0.3) is 11.8 Å². The highest BCUT2D eigenvalue weighted by Gasteiger charge is 2.14. The van der Waals surface area contributed by atoms with Gasteiger partial charge in [-0.2, -0.15) is 11.3 Å². The molecule has 0 fully saturated rings. The molecule has 0 spiro atoms. The number of carbonyl (C=O) groups is 1. The van der Waals surface area contributed by atoms with E-state index in [0.29, 0.717) is 15.1 Å². The van der Waals surface area contributed by atoms with Gasteiger partial charge < -0.3 is 4.42 Å². The molecule has 5 nitrogen and oxygen atoms in total. The summed E-state index contributed by atoms with van der Waals surface area (Å²) >= 11 is 8.48. The Bertz CT molecular complexity index is 705. The van der Waals surface area contributed by atoms with Crippen LogP contribution in [0.3, 0.4) is 0 Å². The summed E-state index contributed by atoms with van der Waals surface area (Å²) in [5.41, 5.74) is 0.831. The molecule has 0 bridgehead atoms. The lowest BCUT2D eigenvalue weighted by molar-refractivity contribution is 0.102. The Morgan fingerprint density at radius 3 is 2.89 bits per heavy atom. The number of hydrogen-bond acceptors (Lipinski definition) is 6. The second-order valence-electron chi connectivity index (χ2n) is 3.48. The summed E-state index contributed by atoms with van der Waals surface area (Å²) in [5.74, 6) is 0.0539. The van der Waals surface area contributed by atoms with Gasteiger partial charge in [0.2, 0.25) is 0 Å². The molecular formula is C11H6ClN3O2S2. The number of thiophene rings is 2. The van der Waals surface area contributed by atoms with Crippen LogP contribution in [0.5, 0.6) is 0 Å². The Hall–Kier alpha value is -1.70. The first kappa shape index (κ1) is 12.3. The van der Waals surface area contributed by atoms with E-state index in [-0.39, 0.29) is 11.9 Å². The average Bonchev–Trinajstić information content (AvgIpc) is 3.07. The summed E-state index contributed by atoms with van der Waals surface area (Å²) in [5, 5.41) is 14.0. The summed E-state index contributed by atoms with van der Waals surface area (Å²) < 4.78 is 5.90. The Morgan fingerprint density at radius 2 is 2.21 bits per heavy atom. The van der Waals surface area contributed by atoms with Crippen LogP contribution in [0.15, 0.2) is 33.4 Å². The fourth-order valence-electron chi connectivity index (χ4n) is 1.37. The van der Waals surface area contributed by atoms with Crippen molar-refractivity contribution in [3.63, 3.8) is 0 Å². The lowest BCUT2D eigenvalue weighted by Gasteiger charge is -1.95. The SMILES string of the molecule is O=C(Nc1nnc(-c2ccsc2)o1)c1ccc(Cl)s1. The third kappa shape index (κ3) is 2.67. The lowest BCUT2D eigenvalue weighted by Crippen LogP contribution is -2.10. The van der Waals surface area contributed by atoms with Crippen LogP contribution < -0.4 is 5.32 Å². The minimum atomic E-state index is -0.322. The van der Waals surface area contributed by atoms with Crippen LogP contribution in [-0.2, 0) is 0 Å². The number of carbonyl (C=O) groups excluding carboxylic acids is 1. The van der Waals surface area contributed by atoms with Crippen molar-refractivity contribution in [2.24, 2.45) is 0 Å². The average molecular weight is 312 g/mol. The molecule has 0 aliphatic heterocycles. The maximum Gasteiger partial charge on any atom is 0.322 e. The van der Waals surface area contributed by atoms with E-state index in [2.05, 4.69) is 15.5 Å². The smallest absolute Gasteiger partial charge is 0.322 e. The van der Waals surface area contributed by atoms with Crippen LogP contribution in [0, 0.1) is 0 Å². The Balaban J connectivity index is 1.76. The fourth-order valence-corrected chi connectivity index (χ4v) is 2.94. The first-order valence-electron chi connectivity index (χ1n) is 5.15. The first-order chi connectivity index (χ1) is 9.22. The standard InChI is InChI=1S/C11H6ClN3O2S2/c12-8-2-1-7(19-8)9(16)13-11-15-14-10(17-11)6-3-4-18-5-6/h1-5H,(H,13,15,16). The van der Waals surface area contributed by atoms with Crippen LogP contribution in [0.2, 0.25) is 4.34 Å². The van der Waals surface area contributed by atoms with Gasteiger partial charge in [-0.15, -0.1) is 16.4 Å². The van der Waals surface area contributed by atoms with Crippen molar-refractivity contribution in [2.45, 2.75) is 0 Å². The van der Waals surface area contributed by atoms with E-state index >= 15 is 0 Å². The zero-order valence-electron chi connectivity index (χ0n) is 9.29. The second-order valence-corrected chi connectivity index (χ2v) is 5.98. The number of anilines is 1. The number of nitrogens with zero attached hydrogens (tertiary/aromatic N) is 2. The molecular weight excluding hydrogens is 306 g/mol. The number of rotatable bonds is 3. The molecule has 0 atom stereocenters. The summed E-state index contributed by atoms with van der Waals surface area (Å²) in [4.78, 5) is 12.3. The largest absolute Gasteiger partial charge is 0.403 e. The molecule has 0 unspecified atom stereocenters. The minimum absolute atomic E-state index is 0.0655. The van der Waals surface area contributed by atoms with Gasteiger partial charge in [0, 0.05) is 10.9 Å². The monoisotopic (exact) mass is 311 g/mol. The van der Waals surface area contributed by atoms with Gasteiger partial charge in [-0.1, -0.05) is 16.7 Å². The van der Waals surface area contributed by atoms with Crippen LogP contribution in [-0.4, -0.2) is 16.1 Å². The van der Waals surface area contributed by atoms with E-state index in [9.17, 15) is 4.79 Å². The Kier molecular flexibility index (Phi) is 3.33. The summed E-state index contributed by atoms with van der Waals surface area (Å²) in [6, 6.07) is 5.23. The molecule has 3 heterocycles. The van der Waals surface area contributed by atoms with Gasteiger partial charge in [0.1, 0.15) is 0 Å². The molecule has 3 aromatic rings. The van der Waals surface area contributed by atoms with E-state index in [0.717, 1.165) is 5.56 Å². The Morgan fingerprint density at radius 1 is 1.32 bits per heavy atom. The Labute approximate surface area is 120 Å². The molecule has 0 radical (unpaired) electrons. The molecule has 1 amide bonds. The fraction of sp³-hybridized carbons (Fsp3) is 0. The number of halogens is 1. The van der Waals surface area contributed by atoms with Gasteiger partial charge in [0.15, 0.2) is 0 Å². The van der Waals surface area contributed by atoms with Gasteiger partial charge in [-0.05, 0) is 23.6 Å². The molecule has 0 aliphatic rings. The van der Waals surface area contributed by atoms with Crippen molar-refractivity contribution >= 4 is 46.2 Å². The first-order valence-corrected chi connectivity index (χ1v) is 7.29. The third-order valence-corrected chi connectivity index (χ3v) is 4.12. The maximum atomic E-state index is 11.8. The van der Waals surface area contributed by atoms with Gasteiger partial charge in [0.05, 0.1) is 9.21 Å². The highest BCUT2D eigenvalue weighted by molar-refractivity contribution is 7.18. The topological polar surface area (TPSA) is 68.0 Å². The van der Waals surface area contributed by atoms with Crippen molar-refractivity contribution < 1.29 is 9.21 Å². The van der Waals surface area contributed by atoms with E-state index in [4.69, 9.17) is 16.0 Å². The number of amides is 1. The van der Waals surface area contributed by atoms with E-state index in [1.165, 1.54) is 22.7 Å². The van der Waals surface area contributed by atoms with E-state index in [1.54, 1.807) is 12.1 Å². The molecule has 1 N–H and O–H groups in total.